The molecule has 0 fully saturated rings. The normalized spacial score (nSPS) is 11.8. The predicted octanol–water partition coefficient (Wildman–Crippen LogP) is 2.65. The topological polar surface area (TPSA) is 58.6 Å². The molecule has 24 heavy (non-hydrogen) atoms. The number of hydrogen-bond donors (Lipinski definition) is 2. The molecular formula is C20H25NO3. The van der Waals surface area contributed by atoms with Crippen molar-refractivity contribution < 1.29 is 14.6 Å². The number of amides is 1. The molecule has 1 amide bonds. The molecule has 2 N–H and O–H groups in total. The Bertz CT molecular complexity index is 635. The van der Waals surface area contributed by atoms with Crippen molar-refractivity contribution in [3.63, 3.8) is 0 Å². The maximum atomic E-state index is 11.9. The molecule has 0 spiro atoms. The monoisotopic (exact) mass is 327 g/mol. The van der Waals surface area contributed by atoms with E-state index in [0.717, 1.165) is 17.5 Å². The lowest BCUT2D eigenvalue weighted by molar-refractivity contribution is -0.123. The number of aliphatic hydroxyl groups excluding tert-OH is 1. The van der Waals surface area contributed by atoms with Crippen molar-refractivity contribution in [1.82, 2.24) is 5.32 Å². The van der Waals surface area contributed by atoms with Gasteiger partial charge in [0.05, 0.1) is 0 Å². The van der Waals surface area contributed by atoms with E-state index in [-0.39, 0.29) is 25.0 Å². The molecule has 4 heteroatoms. The zero-order chi connectivity index (χ0) is 17.4. The Morgan fingerprint density at radius 1 is 1.04 bits per heavy atom. The van der Waals surface area contributed by atoms with E-state index in [1.807, 2.05) is 38.1 Å². The largest absolute Gasteiger partial charge is 0.484 e. The lowest BCUT2D eigenvalue weighted by Gasteiger charge is -2.15. The van der Waals surface area contributed by atoms with Gasteiger partial charge in [-0.1, -0.05) is 47.5 Å². The molecule has 0 aliphatic heterocycles. The van der Waals surface area contributed by atoms with Crippen LogP contribution in [0.1, 0.15) is 16.7 Å². The average molecular weight is 327 g/mol. The maximum Gasteiger partial charge on any atom is 0.257 e. The van der Waals surface area contributed by atoms with E-state index < -0.39 is 0 Å². The molecule has 128 valence electrons. The minimum Gasteiger partial charge on any atom is -0.484 e. The lowest BCUT2D eigenvalue weighted by Crippen LogP contribution is -2.35. The van der Waals surface area contributed by atoms with E-state index in [4.69, 9.17) is 4.74 Å². The second-order valence-corrected chi connectivity index (χ2v) is 6.14. The van der Waals surface area contributed by atoms with Crippen LogP contribution >= 0.6 is 0 Å². The highest BCUT2D eigenvalue weighted by Gasteiger charge is 2.11. The van der Waals surface area contributed by atoms with Crippen LogP contribution in [0.25, 0.3) is 0 Å². The number of ether oxygens (including phenoxy) is 1. The number of aliphatic hydroxyl groups is 1. The minimum absolute atomic E-state index is 0.00368. The molecule has 0 aromatic heterocycles. The first kappa shape index (κ1) is 18.0. The summed E-state index contributed by atoms with van der Waals surface area (Å²) >= 11 is 0. The first-order valence-electron chi connectivity index (χ1n) is 8.19. The van der Waals surface area contributed by atoms with Crippen molar-refractivity contribution in [2.45, 2.75) is 20.3 Å². The Hall–Kier alpha value is -2.33. The van der Waals surface area contributed by atoms with Crippen LogP contribution in [0.3, 0.4) is 0 Å². The van der Waals surface area contributed by atoms with E-state index >= 15 is 0 Å². The van der Waals surface area contributed by atoms with Crippen molar-refractivity contribution in [1.29, 1.82) is 0 Å². The van der Waals surface area contributed by atoms with Crippen molar-refractivity contribution >= 4 is 5.91 Å². The van der Waals surface area contributed by atoms with Crippen molar-refractivity contribution in [3.05, 3.63) is 65.2 Å². The standard InChI is InChI=1S/C20H25NO3/c1-15-3-7-17(8-4-15)11-18(13-22)12-21-20(23)14-24-19-9-5-16(2)6-10-19/h3-10,18,22H,11-14H2,1-2H3,(H,21,23)/t18-/m1/s1. The minimum atomic E-state index is -0.182. The summed E-state index contributed by atoms with van der Waals surface area (Å²) in [5.41, 5.74) is 3.51. The third-order valence-electron chi connectivity index (χ3n) is 3.88. The zero-order valence-electron chi connectivity index (χ0n) is 14.3. The molecule has 1 atom stereocenters. The molecule has 2 aromatic rings. The summed E-state index contributed by atoms with van der Waals surface area (Å²) in [6.45, 7) is 4.49. The number of aryl methyl sites for hydroxylation is 2. The molecule has 0 unspecified atom stereocenters. The second kappa shape index (κ2) is 9.08. The van der Waals surface area contributed by atoms with E-state index in [1.165, 1.54) is 5.56 Å². The van der Waals surface area contributed by atoms with Gasteiger partial charge in [0.15, 0.2) is 6.61 Å². The van der Waals surface area contributed by atoms with Gasteiger partial charge >= 0.3 is 0 Å². The summed E-state index contributed by atoms with van der Waals surface area (Å²) in [5.74, 6) is 0.489. The number of carbonyl (C=O) groups excluding carboxylic acids is 1. The molecule has 0 saturated carbocycles. The van der Waals surface area contributed by atoms with Crippen LogP contribution in [-0.2, 0) is 11.2 Å². The number of benzene rings is 2. The number of nitrogens with one attached hydrogen (secondary N) is 1. The highest BCUT2D eigenvalue weighted by atomic mass is 16.5. The predicted molar refractivity (Wildman–Crippen MR) is 95.1 cm³/mol. The zero-order valence-corrected chi connectivity index (χ0v) is 14.3. The Kier molecular flexibility index (Phi) is 6.82. The van der Waals surface area contributed by atoms with E-state index in [2.05, 4.69) is 29.6 Å². The average Bonchev–Trinajstić information content (AvgIpc) is 2.59. The Morgan fingerprint density at radius 2 is 1.62 bits per heavy atom. The van der Waals surface area contributed by atoms with E-state index in [1.54, 1.807) is 0 Å². The van der Waals surface area contributed by atoms with Gasteiger partial charge < -0.3 is 15.2 Å². The van der Waals surface area contributed by atoms with Crippen LogP contribution in [0, 0.1) is 19.8 Å². The molecule has 4 nitrogen and oxygen atoms in total. The molecule has 2 rings (SSSR count). The van der Waals surface area contributed by atoms with Crippen LogP contribution in [0.4, 0.5) is 0 Å². The van der Waals surface area contributed by atoms with Gasteiger partial charge in [-0.15, -0.1) is 0 Å². The molecular weight excluding hydrogens is 302 g/mol. The van der Waals surface area contributed by atoms with Crippen LogP contribution in [0.5, 0.6) is 5.75 Å². The molecule has 0 aliphatic rings. The number of hydrogen-bond acceptors (Lipinski definition) is 3. The SMILES string of the molecule is Cc1ccc(C[C@@H](CO)CNC(=O)COc2ccc(C)cc2)cc1. The summed E-state index contributed by atoms with van der Waals surface area (Å²) in [7, 11) is 0. The highest BCUT2D eigenvalue weighted by Crippen LogP contribution is 2.11. The second-order valence-electron chi connectivity index (χ2n) is 6.14. The molecule has 0 saturated heterocycles. The Balaban J connectivity index is 1.74. The van der Waals surface area contributed by atoms with Gasteiger partial charge in [-0.05, 0) is 38.0 Å². The summed E-state index contributed by atoms with van der Waals surface area (Å²) in [6.07, 6.45) is 0.732. The van der Waals surface area contributed by atoms with Crippen LogP contribution in [0.2, 0.25) is 0 Å². The first-order valence-corrected chi connectivity index (χ1v) is 8.19. The molecule has 0 radical (unpaired) electrons. The maximum absolute atomic E-state index is 11.9. The van der Waals surface area contributed by atoms with Gasteiger partial charge in [-0.2, -0.15) is 0 Å². The van der Waals surface area contributed by atoms with Crippen LogP contribution in [-0.4, -0.2) is 30.8 Å². The molecule has 0 aliphatic carbocycles. The smallest absolute Gasteiger partial charge is 0.257 e. The Labute approximate surface area is 143 Å². The van der Waals surface area contributed by atoms with E-state index in [0.29, 0.717) is 12.3 Å². The van der Waals surface area contributed by atoms with Gasteiger partial charge in [0, 0.05) is 19.1 Å². The summed E-state index contributed by atoms with van der Waals surface area (Å²) in [4.78, 5) is 11.9. The van der Waals surface area contributed by atoms with Crippen LogP contribution in [0.15, 0.2) is 48.5 Å². The van der Waals surface area contributed by atoms with Gasteiger partial charge in [0.2, 0.25) is 0 Å². The number of rotatable bonds is 8. The highest BCUT2D eigenvalue weighted by molar-refractivity contribution is 5.77. The summed E-state index contributed by atoms with van der Waals surface area (Å²) < 4.78 is 5.45. The molecule has 0 heterocycles. The van der Waals surface area contributed by atoms with Gasteiger partial charge in [-0.25, -0.2) is 0 Å². The Morgan fingerprint density at radius 3 is 2.21 bits per heavy atom. The summed E-state index contributed by atoms with van der Waals surface area (Å²) in [5, 5.41) is 12.3. The van der Waals surface area contributed by atoms with Gasteiger partial charge in [0.1, 0.15) is 5.75 Å². The quantitative estimate of drug-likeness (QED) is 0.784. The molecule has 0 bridgehead atoms. The van der Waals surface area contributed by atoms with Gasteiger partial charge in [-0.3, -0.25) is 4.79 Å². The molecule has 2 aromatic carbocycles. The third kappa shape index (κ3) is 6.05. The fourth-order valence-electron chi connectivity index (χ4n) is 2.35. The summed E-state index contributed by atoms with van der Waals surface area (Å²) in [6, 6.07) is 15.8. The van der Waals surface area contributed by atoms with Gasteiger partial charge in [0.25, 0.3) is 5.91 Å². The third-order valence-corrected chi connectivity index (χ3v) is 3.88. The van der Waals surface area contributed by atoms with Crippen molar-refractivity contribution in [2.24, 2.45) is 5.92 Å². The lowest BCUT2D eigenvalue weighted by atomic mass is 9.99. The number of carbonyl (C=O) groups is 1. The van der Waals surface area contributed by atoms with Crippen LogP contribution < -0.4 is 10.1 Å². The van der Waals surface area contributed by atoms with Crippen molar-refractivity contribution in [2.75, 3.05) is 19.8 Å². The fourth-order valence-corrected chi connectivity index (χ4v) is 2.35. The van der Waals surface area contributed by atoms with Crippen molar-refractivity contribution in [3.8, 4) is 5.75 Å². The van der Waals surface area contributed by atoms with E-state index in [9.17, 15) is 9.90 Å². The first-order chi connectivity index (χ1) is 11.6. The fraction of sp³-hybridized carbons (Fsp3) is 0.350.